The van der Waals surface area contributed by atoms with Crippen LogP contribution in [0.1, 0.15) is 57.9 Å². The number of carbonyl (C=O) groups excluding carboxylic acids is 2. The molecular formula is C27H35N3O3S. The van der Waals surface area contributed by atoms with Gasteiger partial charge in [0.1, 0.15) is 11.8 Å². The Morgan fingerprint density at radius 1 is 1.00 bits per heavy atom. The van der Waals surface area contributed by atoms with Gasteiger partial charge in [0.05, 0.1) is 19.6 Å². The largest absolute Gasteiger partial charge is 0.494 e. The maximum Gasteiger partial charge on any atom is 0.252 e. The molecule has 1 aliphatic rings. The quantitative estimate of drug-likeness (QED) is 0.307. The number of hydrogen-bond donors (Lipinski definition) is 1. The molecule has 7 heteroatoms. The topological polar surface area (TPSA) is 61.9 Å². The van der Waals surface area contributed by atoms with Crippen LogP contribution in [0.15, 0.2) is 54.6 Å². The van der Waals surface area contributed by atoms with Gasteiger partial charge in [0.25, 0.3) is 5.91 Å². The van der Waals surface area contributed by atoms with E-state index in [1.165, 1.54) is 19.3 Å². The zero-order valence-electron chi connectivity index (χ0n) is 20.2. The van der Waals surface area contributed by atoms with Gasteiger partial charge in [-0.05, 0) is 55.4 Å². The summed E-state index contributed by atoms with van der Waals surface area (Å²) in [4.78, 5) is 29.8. The molecule has 0 bridgehead atoms. The van der Waals surface area contributed by atoms with Gasteiger partial charge in [-0.15, -0.1) is 0 Å². The number of ether oxygens (including phenoxy) is 1. The molecule has 6 nitrogen and oxygen atoms in total. The van der Waals surface area contributed by atoms with Crippen molar-refractivity contribution in [2.75, 3.05) is 18.5 Å². The van der Waals surface area contributed by atoms with Crippen molar-refractivity contribution in [2.24, 2.45) is 0 Å². The van der Waals surface area contributed by atoms with Gasteiger partial charge in [0, 0.05) is 12.2 Å². The molecule has 1 aliphatic heterocycles. The first-order chi connectivity index (χ1) is 16.5. The highest BCUT2D eigenvalue weighted by Crippen LogP contribution is 2.25. The Balaban J connectivity index is 1.67. The average molecular weight is 482 g/mol. The van der Waals surface area contributed by atoms with Crippen molar-refractivity contribution in [1.82, 2.24) is 9.80 Å². The summed E-state index contributed by atoms with van der Waals surface area (Å²) < 4.78 is 5.45. The van der Waals surface area contributed by atoms with Crippen molar-refractivity contribution in [3.63, 3.8) is 0 Å². The van der Waals surface area contributed by atoms with Crippen LogP contribution in [0.2, 0.25) is 0 Å². The molecule has 2 amide bonds. The average Bonchev–Trinajstić information content (AvgIpc) is 3.05. The lowest BCUT2D eigenvalue weighted by Crippen LogP contribution is -2.38. The number of anilines is 1. The zero-order valence-corrected chi connectivity index (χ0v) is 21.0. The monoisotopic (exact) mass is 481 g/mol. The van der Waals surface area contributed by atoms with Crippen LogP contribution in [0.5, 0.6) is 5.75 Å². The van der Waals surface area contributed by atoms with Crippen LogP contribution >= 0.6 is 12.2 Å². The molecule has 182 valence electrons. The molecule has 1 unspecified atom stereocenters. The molecule has 34 heavy (non-hydrogen) atoms. The van der Waals surface area contributed by atoms with Gasteiger partial charge in [0.15, 0.2) is 5.11 Å². The predicted octanol–water partition coefficient (Wildman–Crippen LogP) is 5.38. The molecule has 0 radical (unpaired) electrons. The van der Waals surface area contributed by atoms with Crippen LogP contribution in [0.3, 0.4) is 0 Å². The fourth-order valence-electron chi connectivity index (χ4n) is 4.13. The lowest BCUT2D eigenvalue weighted by molar-refractivity contribution is -0.131. The molecule has 0 aliphatic carbocycles. The first-order valence-corrected chi connectivity index (χ1v) is 12.6. The number of rotatable bonds is 13. The minimum Gasteiger partial charge on any atom is -0.494 e. The van der Waals surface area contributed by atoms with Gasteiger partial charge in [-0.25, -0.2) is 0 Å². The Morgan fingerprint density at radius 2 is 1.71 bits per heavy atom. The molecule has 1 heterocycles. The van der Waals surface area contributed by atoms with Gasteiger partial charge in [0.2, 0.25) is 5.91 Å². The van der Waals surface area contributed by atoms with Crippen LogP contribution in [0.25, 0.3) is 0 Å². The third kappa shape index (κ3) is 7.03. The fourth-order valence-corrected chi connectivity index (χ4v) is 4.50. The Labute approximate surface area is 208 Å². The highest BCUT2D eigenvalue weighted by Gasteiger charge is 2.42. The lowest BCUT2D eigenvalue weighted by atomic mass is 10.1. The van der Waals surface area contributed by atoms with E-state index < -0.39 is 6.04 Å². The molecule has 0 spiro atoms. The van der Waals surface area contributed by atoms with Crippen LogP contribution in [0.4, 0.5) is 5.69 Å². The van der Waals surface area contributed by atoms with Crippen LogP contribution in [0, 0.1) is 0 Å². The molecule has 1 saturated heterocycles. The van der Waals surface area contributed by atoms with Gasteiger partial charge in [-0.2, -0.15) is 0 Å². The smallest absolute Gasteiger partial charge is 0.252 e. The summed E-state index contributed by atoms with van der Waals surface area (Å²) in [6, 6.07) is 16.5. The van der Waals surface area contributed by atoms with E-state index in [0.29, 0.717) is 30.5 Å². The first kappa shape index (κ1) is 25.7. The number of nitrogens with one attached hydrogen (secondary N) is 1. The normalized spacial score (nSPS) is 15.6. The summed E-state index contributed by atoms with van der Waals surface area (Å²) in [6.07, 6.45) is 5.65. The van der Waals surface area contributed by atoms with E-state index in [9.17, 15) is 9.59 Å². The number of unbranched alkanes of at least 4 members (excludes halogenated alkanes) is 4. The van der Waals surface area contributed by atoms with E-state index in [2.05, 4.69) is 12.2 Å². The fraction of sp³-hybridized carbons (Fsp3) is 0.444. The molecule has 1 fully saturated rings. The van der Waals surface area contributed by atoms with E-state index >= 15 is 0 Å². The Morgan fingerprint density at radius 3 is 2.38 bits per heavy atom. The van der Waals surface area contributed by atoms with Crippen molar-refractivity contribution in [3.05, 3.63) is 60.2 Å². The summed E-state index contributed by atoms with van der Waals surface area (Å²) in [6.45, 7) is 5.80. The van der Waals surface area contributed by atoms with Gasteiger partial charge in [-0.3, -0.25) is 14.5 Å². The minimum absolute atomic E-state index is 0.0619. The number of thiocarbonyl (C=S) groups is 1. The van der Waals surface area contributed by atoms with E-state index in [1.807, 2.05) is 54.3 Å². The second-order valence-corrected chi connectivity index (χ2v) is 8.89. The van der Waals surface area contributed by atoms with Crippen LogP contribution in [-0.4, -0.2) is 45.9 Å². The van der Waals surface area contributed by atoms with Crippen molar-refractivity contribution in [3.8, 4) is 5.75 Å². The number of carbonyl (C=O) groups is 2. The lowest BCUT2D eigenvalue weighted by Gasteiger charge is -2.24. The minimum atomic E-state index is -0.579. The van der Waals surface area contributed by atoms with Gasteiger partial charge >= 0.3 is 0 Å². The molecule has 1 N–H and O–H groups in total. The maximum atomic E-state index is 13.4. The van der Waals surface area contributed by atoms with Crippen molar-refractivity contribution >= 4 is 34.8 Å². The third-order valence-electron chi connectivity index (χ3n) is 5.92. The molecular weight excluding hydrogens is 446 g/mol. The zero-order chi connectivity index (χ0) is 24.3. The highest BCUT2D eigenvalue weighted by atomic mass is 32.1. The second kappa shape index (κ2) is 13.1. The van der Waals surface area contributed by atoms with Crippen molar-refractivity contribution < 1.29 is 14.3 Å². The number of amides is 2. The Bertz CT molecular complexity index is 949. The number of hydrogen-bond acceptors (Lipinski definition) is 4. The molecule has 0 saturated carbocycles. The summed E-state index contributed by atoms with van der Waals surface area (Å²) in [5.41, 5.74) is 1.69. The molecule has 3 rings (SSSR count). The molecule has 2 aromatic rings. The van der Waals surface area contributed by atoms with E-state index in [-0.39, 0.29) is 18.2 Å². The van der Waals surface area contributed by atoms with Crippen LogP contribution < -0.4 is 10.1 Å². The van der Waals surface area contributed by atoms with Gasteiger partial charge in [-0.1, -0.05) is 62.9 Å². The van der Waals surface area contributed by atoms with Crippen molar-refractivity contribution in [2.45, 2.75) is 65.0 Å². The van der Waals surface area contributed by atoms with Crippen LogP contribution in [-0.2, 0) is 16.1 Å². The predicted molar refractivity (Wildman–Crippen MR) is 140 cm³/mol. The maximum absolute atomic E-state index is 13.4. The Kier molecular flexibility index (Phi) is 9.89. The summed E-state index contributed by atoms with van der Waals surface area (Å²) in [5, 5.41) is 3.42. The van der Waals surface area contributed by atoms with Gasteiger partial charge < -0.3 is 15.0 Å². The summed E-state index contributed by atoms with van der Waals surface area (Å²) >= 11 is 5.72. The summed E-state index contributed by atoms with van der Waals surface area (Å²) in [5.74, 6) is 0.440. The van der Waals surface area contributed by atoms with E-state index in [0.717, 1.165) is 24.2 Å². The second-order valence-electron chi connectivity index (χ2n) is 8.53. The SMILES string of the molecule is CCCCCCCN1C(=S)N(Cc2ccccc2)C(=O)C1CC(=O)Nc1ccc(OCC)cc1. The number of benzene rings is 2. The highest BCUT2D eigenvalue weighted by molar-refractivity contribution is 7.80. The van der Waals surface area contributed by atoms with E-state index in [1.54, 1.807) is 17.0 Å². The van der Waals surface area contributed by atoms with E-state index in [4.69, 9.17) is 17.0 Å². The first-order valence-electron chi connectivity index (χ1n) is 12.2. The van der Waals surface area contributed by atoms with Crippen molar-refractivity contribution in [1.29, 1.82) is 0 Å². The Hall–Kier alpha value is -2.93. The standard InChI is InChI=1S/C27H35N3O3S/c1-3-5-6-7-11-18-29-24(19-25(31)28-22-14-16-23(17-15-22)33-4-2)26(32)30(27(29)34)20-21-12-9-8-10-13-21/h8-10,12-17,24H,3-7,11,18-20H2,1-2H3,(H,28,31). The third-order valence-corrected chi connectivity index (χ3v) is 6.37. The molecule has 0 aromatic heterocycles. The summed E-state index contributed by atoms with van der Waals surface area (Å²) in [7, 11) is 0. The molecule has 1 atom stereocenters. The number of nitrogens with zero attached hydrogens (tertiary/aromatic N) is 2. The molecule has 2 aromatic carbocycles.